The predicted molar refractivity (Wildman–Crippen MR) is 107 cm³/mol. The number of rotatable bonds is 4. The number of nitrogens with zero attached hydrogens (tertiary/aromatic N) is 2. The molecule has 0 aliphatic carbocycles. The number of nitrogens with one attached hydrogen (secondary N) is 1. The van der Waals surface area contributed by atoms with E-state index in [1.54, 1.807) is 0 Å². The van der Waals surface area contributed by atoms with Crippen LogP contribution in [0.1, 0.15) is 37.7 Å². The summed E-state index contributed by atoms with van der Waals surface area (Å²) in [6.07, 6.45) is 5.17. The quantitative estimate of drug-likeness (QED) is 0.866. The Bertz CT molecular complexity index is 672. The van der Waals surface area contributed by atoms with Crippen LogP contribution in [0.2, 0.25) is 0 Å². The molecule has 3 heterocycles. The molecule has 0 saturated carbocycles. The monoisotopic (exact) mass is 385 g/mol. The Labute approximate surface area is 167 Å². The maximum Gasteiger partial charge on any atom is 0.317 e. The molecule has 1 aromatic rings. The lowest BCUT2D eigenvalue weighted by molar-refractivity contribution is -0.132. The van der Waals surface area contributed by atoms with Crippen molar-refractivity contribution in [2.24, 2.45) is 5.41 Å². The summed E-state index contributed by atoms with van der Waals surface area (Å²) in [4.78, 5) is 28.8. The third kappa shape index (κ3) is 4.49. The minimum Gasteiger partial charge on any atom is -0.381 e. The smallest absolute Gasteiger partial charge is 0.317 e. The molecule has 3 fully saturated rings. The van der Waals surface area contributed by atoms with Crippen LogP contribution in [0.25, 0.3) is 0 Å². The zero-order chi connectivity index (χ0) is 19.4. The molecule has 1 N–H and O–H groups in total. The largest absolute Gasteiger partial charge is 0.381 e. The maximum absolute atomic E-state index is 12.5. The zero-order valence-corrected chi connectivity index (χ0v) is 16.6. The average molecular weight is 386 g/mol. The number of hydrogen-bond donors (Lipinski definition) is 1. The highest BCUT2D eigenvalue weighted by Crippen LogP contribution is 2.39. The number of carbonyl (C=O) groups is 2. The molecule has 0 atom stereocenters. The lowest BCUT2D eigenvalue weighted by atomic mass is 9.73. The van der Waals surface area contributed by atoms with E-state index in [1.807, 2.05) is 28.0 Å². The van der Waals surface area contributed by atoms with E-state index in [2.05, 4.69) is 17.4 Å². The van der Waals surface area contributed by atoms with Crippen LogP contribution >= 0.6 is 0 Å². The SMILES string of the molecule is O=C(CCc1ccccc1)N1CCC(NC(=O)N2CC3(CCOCC3)C2)CC1. The fraction of sp³-hybridized carbons (Fsp3) is 0.636. The molecule has 0 bridgehead atoms. The fourth-order valence-electron chi connectivity index (χ4n) is 4.62. The van der Waals surface area contributed by atoms with E-state index in [0.717, 1.165) is 71.5 Å². The van der Waals surface area contributed by atoms with Gasteiger partial charge in [0.1, 0.15) is 0 Å². The number of benzene rings is 1. The van der Waals surface area contributed by atoms with Gasteiger partial charge < -0.3 is 19.9 Å². The van der Waals surface area contributed by atoms with E-state index in [4.69, 9.17) is 4.74 Å². The van der Waals surface area contributed by atoms with Gasteiger partial charge in [-0.2, -0.15) is 0 Å². The van der Waals surface area contributed by atoms with Gasteiger partial charge in [0.25, 0.3) is 0 Å². The van der Waals surface area contributed by atoms with E-state index in [-0.39, 0.29) is 18.0 Å². The number of piperidine rings is 1. The number of amides is 3. The standard InChI is InChI=1S/C22H31N3O3/c26-20(7-6-18-4-2-1-3-5-18)24-12-8-19(9-13-24)23-21(27)25-16-22(17-25)10-14-28-15-11-22/h1-5,19H,6-17H2,(H,23,27). The van der Waals surface area contributed by atoms with Gasteiger partial charge in [0.15, 0.2) is 0 Å². The number of hydrogen-bond acceptors (Lipinski definition) is 3. The Morgan fingerprint density at radius 1 is 1.04 bits per heavy atom. The van der Waals surface area contributed by atoms with Crippen LogP contribution in [-0.2, 0) is 16.0 Å². The van der Waals surface area contributed by atoms with Crippen molar-refractivity contribution in [2.75, 3.05) is 39.4 Å². The minimum atomic E-state index is 0.0611. The van der Waals surface area contributed by atoms with Gasteiger partial charge in [0.2, 0.25) is 5.91 Å². The summed E-state index contributed by atoms with van der Waals surface area (Å²) in [5.41, 5.74) is 1.51. The Morgan fingerprint density at radius 3 is 2.39 bits per heavy atom. The van der Waals surface area contributed by atoms with Crippen LogP contribution in [0.5, 0.6) is 0 Å². The molecule has 6 heteroatoms. The Morgan fingerprint density at radius 2 is 1.71 bits per heavy atom. The first kappa shape index (κ1) is 19.2. The molecule has 0 aromatic heterocycles. The molecule has 1 spiro atoms. The van der Waals surface area contributed by atoms with E-state index in [0.29, 0.717) is 11.8 Å². The topological polar surface area (TPSA) is 61.9 Å². The van der Waals surface area contributed by atoms with Crippen molar-refractivity contribution in [1.29, 1.82) is 0 Å². The summed E-state index contributed by atoms with van der Waals surface area (Å²) in [5, 5.41) is 3.18. The van der Waals surface area contributed by atoms with Gasteiger partial charge in [-0.05, 0) is 37.7 Å². The molecule has 152 valence electrons. The third-order valence-corrected chi connectivity index (χ3v) is 6.54. The number of ether oxygens (including phenoxy) is 1. The van der Waals surface area contributed by atoms with Crippen molar-refractivity contribution in [3.05, 3.63) is 35.9 Å². The molecule has 0 radical (unpaired) electrons. The Kier molecular flexibility index (Phi) is 5.85. The molecule has 6 nitrogen and oxygen atoms in total. The molecule has 3 aliphatic heterocycles. The Balaban J connectivity index is 1.15. The summed E-state index contributed by atoms with van der Waals surface area (Å²) in [6.45, 7) is 4.84. The van der Waals surface area contributed by atoms with Gasteiger partial charge in [-0.3, -0.25) is 4.79 Å². The summed E-state index contributed by atoms with van der Waals surface area (Å²) < 4.78 is 5.44. The highest BCUT2D eigenvalue weighted by molar-refractivity contribution is 5.77. The first-order valence-electron chi connectivity index (χ1n) is 10.6. The predicted octanol–water partition coefficient (Wildman–Crippen LogP) is 2.43. The lowest BCUT2D eigenvalue weighted by Crippen LogP contribution is -2.63. The third-order valence-electron chi connectivity index (χ3n) is 6.54. The van der Waals surface area contributed by atoms with Crippen LogP contribution in [0.15, 0.2) is 30.3 Å². The number of urea groups is 1. The van der Waals surface area contributed by atoms with Crippen molar-refractivity contribution in [3.8, 4) is 0 Å². The van der Waals surface area contributed by atoms with E-state index < -0.39 is 0 Å². The minimum absolute atomic E-state index is 0.0611. The van der Waals surface area contributed by atoms with Gasteiger partial charge in [-0.25, -0.2) is 4.79 Å². The van der Waals surface area contributed by atoms with Crippen molar-refractivity contribution < 1.29 is 14.3 Å². The van der Waals surface area contributed by atoms with E-state index in [9.17, 15) is 9.59 Å². The summed E-state index contributed by atoms with van der Waals surface area (Å²) >= 11 is 0. The molecule has 3 aliphatic rings. The van der Waals surface area contributed by atoms with Crippen LogP contribution in [0.3, 0.4) is 0 Å². The van der Waals surface area contributed by atoms with Crippen molar-refractivity contribution in [3.63, 3.8) is 0 Å². The molecule has 4 rings (SSSR count). The molecule has 1 aromatic carbocycles. The average Bonchev–Trinajstić information content (AvgIpc) is 2.72. The Hall–Kier alpha value is -2.08. The van der Waals surface area contributed by atoms with E-state index in [1.165, 1.54) is 5.56 Å². The molecule has 28 heavy (non-hydrogen) atoms. The summed E-state index contributed by atoms with van der Waals surface area (Å²) in [6, 6.07) is 10.4. The molecular formula is C22H31N3O3. The van der Waals surface area contributed by atoms with Crippen LogP contribution < -0.4 is 5.32 Å². The fourth-order valence-corrected chi connectivity index (χ4v) is 4.62. The second kappa shape index (κ2) is 8.52. The second-order valence-electron chi connectivity index (χ2n) is 8.56. The van der Waals surface area contributed by atoms with Gasteiger partial charge >= 0.3 is 6.03 Å². The van der Waals surface area contributed by atoms with Crippen LogP contribution in [0.4, 0.5) is 4.79 Å². The highest BCUT2D eigenvalue weighted by atomic mass is 16.5. The number of aryl methyl sites for hydroxylation is 1. The van der Waals surface area contributed by atoms with Crippen LogP contribution in [0, 0.1) is 5.41 Å². The first-order chi connectivity index (χ1) is 13.6. The van der Waals surface area contributed by atoms with Gasteiger partial charge in [0, 0.05) is 57.3 Å². The zero-order valence-electron chi connectivity index (χ0n) is 16.6. The van der Waals surface area contributed by atoms with Crippen LogP contribution in [-0.4, -0.2) is 67.2 Å². The number of carbonyl (C=O) groups excluding carboxylic acids is 2. The first-order valence-corrected chi connectivity index (χ1v) is 10.6. The van der Waals surface area contributed by atoms with Gasteiger partial charge in [-0.1, -0.05) is 30.3 Å². The molecule has 3 amide bonds. The van der Waals surface area contributed by atoms with Crippen molar-refractivity contribution >= 4 is 11.9 Å². The maximum atomic E-state index is 12.5. The molecule has 3 saturated heterocycles. The van der Waals surface area contributed by atoms with Gasteiger partial charge in [0.05, 0.1) is 0 Å². The van der Waals surface area contributed by atoms with E-state index >= 15 is 0 Å². The second-order valence-corrected chi connectivity index (χ2v) is 8.56. The van der Waals surface area contributed by atoms with Gasteiger partial charge in [-0.15, -0.1) is 0 Å². The molecule has 0 unspecified atom stereocenters. The van der Waals surface area contributed by atoms with Crippen molar-refractivity contribution in [1.82, 2.24) is 15.1 Å². The molecular weight excluding hydrogens is 354 g/mol. The normalized spacial score (nSPS) is 22.0. The summed E-state index contributed by atoms with van der Waals surface area (Å²) in [7, 11) is 0. The number of likely N-dealkylation sites (tertiary alicyclic amines) is 2. The highest BCUT2D eigenvalue weighted by Gasteiger charge is 2.46. The summed E-state index contributed by atoms with van der Waals surface area (Å²) in [5.74, 6) is 0.220. The van der Waals surface area contributed by atoms with Crippen molar-refractivity contribution in [2.45, 2.75) is 44.6 Å². The lowest BCUT2D eigenvalue weighted by Gasteiger charge is -2.52.